The minimum atomic E-state index is 0.715. The van der Waals surface area contributed by atoms with E-state index in [4.69, 9.17) is 4.74 Å². The van der Waals surface area contributed by atoms with Crippen LogP contribution in [0.5, 0.6) is 5.75 Å². The average molecular weight is 189 g/mol. The van der Waals surface area contributed by atoms with Crippen LogP contribution in [-0.4, -0.2) is 6.61 Å². The molecule has 1 aromatic rings. The number of hydrogen-bond acceptors (Lipinski definition) is 1. The van der Waals surface area contributed by atoms with E-state index in [1.165, 1.54) is 11.1 Å². The van der Waals surface area contributed by atoms with Gasteiger partial charge in [-0.3, -0.25) is 0 Å². The molecule has 0 atom stereocenters. The lowest BCUT2D eigenvalue weighted by Crippen LogP contribution is -1.90. The highest BCUT2D eigenvalue weighted by Crippen LogP contribution is 2.18. The van der Waals surface area contributed by atoms with Gasteiger partial charge in [0, 0.05) is 0 Å². The molecule has 1 nitrogen and oxygen atoms in total. The molecular formula is C13H17O. The predicted octanol–water partition coefficient (Wildman–Crippen LogP) is 3.71. The summed E-state index contributed by atoms with van der Waals surface area (Å²) in [5, 5.41) is 0. The molecule has 0 aromatic heterocycles. The zero-order chi connectivity index (χ0) is 10.4. The summed E-state index contributed by atoms with van der Waals surface area (Å²) in [4.78, 5) is 0. The molecule has 0 spiro atoms. The van der Waals surface area contributed by atoms with Crippen molar-refractivity contribution < 1.29 is 4.74 Å². The van der Waals surface area contributed by atoms with Gasteiger partial charge in [-0.15, -0.1) is 0 Å². The van der Waals surface area contributed by atoms with E-state index in [1.807, 2.05) is 19.1 Å². The number of benzene rings is 1. The highest BCUT2D eigenvalue weighted by molar-refractivity contribution is 5.64. The smallest absolute Gasteiger partial charge is 0.119 e. The second-order valence-electron chi connectivity index (χ2n) is 3.13. The van der Waals surface area contributed by atoms with Crippen molar-refractivity contribution >= 4 is 5.57 Å². The predicted molar refractivity (Wildman–Crippen MR) is 61.2 cm³/mol. The molecule has 0 aliphatic rings. The van der Waals surface area contributed by atoms with Crippen molar-refractivity contribution in [2.24, 2.45) is 0 Å². The zero-order valence-corrected chi connectivity index (χ0v) is 8.92. The maximum atomic E-state index is 5.37. The minimum Gasteiger partial charge on any atom is -0.494 e. The van der Waals surface area contributed by atoms with Crippen LogP contribution < -0.4 is 4.74 Å². The van der Waals surface area contributed by atoms with Gasteiger partial charge in [-0.1, -0.05) is 18.2 Å². The number of ether oxygens (including phenoxy) is 1. The van der Waals surface area contributed by atoms with Crippen molar-refractivity contribution in [1.82, 2.24) is 0 Å². The van der Waals surface area contributed by atoms with Gasteiger partial charge in [0.2, 0.25) is 0 Å². The fourth-order valence-electron chi connectivity index (χ4n) is 1.32. The van der Waals surface area contributed by atoms with Crippen LogP contribution in [0.3, 0.4) is 0 Å². The summed E-state index contributed by atoms with van der Waals surface area (Å²) in [5.41, 5.74) is 2.50. The van der Waals surface area contributed by atoms with E-state index in [0.29, 0.717) is 6.61 Å². The maximum Gasteiger partial charge on any atom is 0.119 e. The maximum absolute atomic E-state index is 5.37. The molecule has 14 heavy (non-hydrogen) atoms. The SMILES string of the molecule is [CH2]C/C=C(/C)c1ccc(OCC)cc1. The highest BCUT2D eigenvalue weighted by atomic mass is 16.5. The number of rotatable bonds is 4. The van der Waals surface area contributed by atoms with Gasteiger partial charge in [0.05, 0.1) is 6.61 Å². The van der Waals surface area contributed by atoms with Gasteiger partial charge < -0.3 is 4.74 Å². The second kappa shape index (κ2) is 5.48. The Labute approximate surface area is 86.4 Å². The molecule has 1 aromatic carbocycles. The molecule has 0 unspecified atom stereocenters. The van der Waals surface area contributed by atoms with Crippen LogP contribution in [-0.2, 0) is 0 Å². The van der Waals surface area contributed by atoms with Crippen molar-refractivity contribution in [3.63, 3.8) is 0 Å². The first kappa shape index (κ1) is 10.8. The number of hydrogen-bond donors (Lipinski definition) is 0. The standard InChI is InChI=1S/C13H17O/c1-4-6-11(3)12-7-9-13(10-8-12)14-5-2/h6-10H,1,4-5H2,2-3H3/b11-6-. The van der Waals surface area contributed by atoms with Crippen molar-refractivity contribution in [1.29, 1.82) is 0 Å². The van der Waals surface area contributed by atoms with Gasteiger partial charge in [-0.2, -0.15) is 0 Å². The van der Waals surface area contributed by atoms with E-state index in [0.717, 1.165) is 12.2 Å². The normalized spacial score (nSPS) is 11.5. The van der Waals surface area contributed by atoms with Crippen molar-refractivity contribution in [3.8, 4) is 5.75 Å². The molecule has 1 rings (SSSR count). The molecule has 0 aliphatic carbocycles. The van der Waals surface area contributed by atoms with Gasteiger partial charge >= 0.3 is 0 Å². The minimum absolute atomic E-state index is 0.715. The molecule has 0 saturated carbocycles. The Hall–Kier alpha value is -1.24. The van der Waals surface area contributed by atoms with Gasteiger partial charge in [0.1, 0.15) is 5.75 Å². The van der Waals surface area contributed by atoms with E-state index in [2.05, 4.69) is 32.1 Å². The van der Waals surface area contributed by atoms with Crippen LogP contribution in [0.15, 0.2) is 30.3 Å². The fraction of sp³-hybridized carbons (Fsp3) is 0.308. The van der Waals surface area contributed by atoms with E-state index < -0.39 is 0 Å². The van der Waals surface area contributed by atoms with Gasteiger partial charge in [-0.05, 0) is 50.5 Å². The zero-order valence-electron chi connectivity index (χ0n) is 8.92. The molecule has 1 heteroatoms. The summed E-state index contributed by atoms with van der Waals surface area (Å²) in [6.07, 6.45) is 2.95. The first-order chi connectivity index (χ1) is 6.77. The van der Waals surface area contributed by atoms with Crippen molar-refractivity contribution in [2.45, 2.75) is 20.3 Å². The third-order valence-corrected chi connectivity index (χ3v) is 2.07. The Bertz CT molecular complexity index is 296. The molecule has 0 fully saturated rings. The lowest BCUT2D eigenvalue weighted by Gasteiger charge is -2.05. The third-order valence-electron chi connectivity index (χ3n) is 2.07. The Morgan fingerprint density at radius 1 is 1.36 bits per heavy atom. The molecule has 0 heterocycles. The van der Waals surface area contributed by atoms with Crippen LogP contribution in [0.25, 0.3) is 5.57 Å². The topological polar surface area (TPSA) is 9.23 Å². The summed E-state index contributed by atoms with van der Waals surface area (Å²) >= 11 is 0. The molecule has 0 bridgehead atoms. The summed E-state index contributed by atoms with van der Waals surface area (Å²) in [6, 6.07) is 8.15. The first-order valence-corrected chi connectivity index (χ1v) is 4.97. The second-order valence-corrected chi connectivity index (χ2v) is 3.13. The Balaban J connectivity index is 2.77. The largest absolute Gasteiger partial charge is 0.494 e. The van der Waals surface area contributed by atoms with E-state index in [9.17, 15) is 0 Å². The Kier molecular flexibility index (Phi) is 4.24. The van der Waals surface area contributed by atoms with Gasteiger partial charge in [0.15, 0.2) is 0 Å². The van der Waals surface area contributed by atoms with E-state index in [1.54, 1.807) is 0 Å². The van der Waals surface area contributed by atoms with Crippen LogP contribution in [0.4, 0.5) is 0 Å². The summed E-state index contributed by atoms with van der Waals surface area (Å²) in [6.45, 7) is 8.60. The van der Waals surface area contributed by atoms with Crippen molar-refractivity contribution in [2.75, 3.05) is 6.61 Å². The Morgan fingerprint density at radius 3 is 2.50 bits per heavy atom. The molecule has 75 valence electrons. The summed E-state index contributed by atoms with van der Waals surface area (Å²) in [7, 11) is 0. The monoisotopic (exact) mass is 189 g/mol. The lowest BCUT2D eigenvalue weighted by molar-refractivity contribution is 0.340. The van der Waals surface area contributed by atoms with Gasteiger partial charge in [0.25, 0.3) is 0 Å². The molecule has 1 radical (unpaired) electrons. The molecule has 0 N–H and O–H groups in total. The van der Waals surface area contributed by atoms with Crippen LogP contribution in [0.1, 0.15) is 25.8 Å². The van der Waals surface area contributed by atoms with Crippen LogP contribution in [0, 0.1) is 6.92 Å². The van der Waals surface area contributed by atoms with Crippen LogP contribution >= 0.6 is 0 Å². The summed E-state index contributed by atoms with van der Waals surface area (Å²) in [5.74, 6) is 0.929. The third kappa shape index (κ3) is 2.91. The van der Waals surface area contributed by atoms with E-state index >= 15 is 0 Å². The molecular weight excluding hydrogens is 172 g/mol. The van der Waals surface area contributed by atoms with Crippen LogP contribution in [0.2, 0.25) is 0 Å². The lowest BCUT2D eigenvalue weighted by atomic mass is 10.1. The molecule has 0 saturated heterocycles. The first-order valence-electron chi connectivity index (χ1n) is 4.97. The number of allylic oxidation sites excluding steroid dienone is 2. The average Bonchev–Trinajstić information content (AvgIpc) is 2.20. The fourth-order valence-corrected chi connectivity index (χ4v) is 1.32. The quantitative estimate of drug-likeness (QED) is 0.701. The summed E-state index contributed by atoms with van der Waals surface area (Å²) < 4.78 is 5.37. The van der Waals surface area contributed by atoms with E-state index in [-0.39, 0.29) is 0 Å². The molecule has 0 aliphatic heterocycles. The van der Waals surface area contributed by atoms with Gasteiger partial charge in [-0.25, -0.2) is 0 Å². The Morgan fingerprint density at radius 2 is 2.00 bits per heavy atom. The van der Waals surface area contributed by atoms with Crippen molar-refractivity contribution in [3.05, 3.63) is 42.8 Å². The molecule has 0 amide bonds. The highest BCUT2D eigenvalue weighted by Gasteiger charge is 1.95.